The molecule has 104 valence electrons. The number of aromatic nitrogens is 3. The monoisotopic (exact) mass is 307 g/mol. The fourth-order valence-corrected chi connectivity index (χ4v) is 3.99. The van der Waals surface area contributed by atoms with Gasteiger partial charge in [0, 0.05) is 12.6 Å². The molecule has 0 bridgehead atoms. The van der Waals surface area contributed by atoms with E-state index in [1.54, 1.807) is 12.1 Å². The number of aromatic amines is 1. The maximum absolute atomic E-state index is 11.1. The fraction of sp³-hybridized carbons (Fsp3) is 0.250. The Morgan fingerprint density at radius 2 is 1.84 bits per heavy atom. The largest absolute Gasteiger partial charge is 0.341 e. The van der Waals surface area contributed by atoms with E-state index in [1.165, 1.54) is 6.20 Å². The third-order valence-corrected chi connectivity index (χ3v) is 6.18. The highest BCUT2D eigenvalue weighted by Crippen LogP contribution is 2.60. The maximum Gasteiger partial charge on any atom is 0.341 e. The van der Waals surface area contributed by atoms with Gasteiger partial charge < -0.3 is 24.6 Å². The molecule has 0 unspecified atom stereocenters. The van der Waals surface area contributed by atoms with Crippen molar-refractivity contribution >= 4 is 26.4 Å². The lowest BCUT2D eigenvalue weighted by Crippen LogP contribution is -2.13. The SMILES string of the molecule is O=P(O)(O)C(Cc1nc2ncccc2[nH]1)P(=O)(O)O. The molecule has 11 heteroatoms. The molecular formula is C8H11N3O6P2. The Balaban J connectivity index is 2.37. The Morgan fingerprint density at radius 3 is 2.37 bits per heavy atom. The van der Waals surface area contributed by atoms with Crippen LogP contribution >= 0.6 is 15.2 Å². The van der Waals surface area contributed by atoms with Gasteiger partial charge in [-0.25, -0.2) is 9.97 Å². The van der Waals surface area contributed by atoms with E-state index in [4.69, 9.17) is 19.6 Å². The average Bonchev–Trinajstić information content (AvgIpc) is 2.65. The molecule has 0 saturated heterocycles. The third-order valence-electron chi connectivity index (χ3n) is 2.46. The van der Waals surface area contributed by atoms with Crippen molar-refractivity contribution in [3.8, 4) is 0 Å². The van der Waals surface area contributed by atoms with Gasteiger partial charge in [0.1, 0.15) is 5.82 Å². The molecule has 2 aromatic heterocycles. The summed E-state index contributed by atoms with van der Waals surface area (Å²) < 4.78 is 22.3. The van der Waals surface area contributed by atoms with Crippen LogP contribution in [0.5, 0.6) is 0 Å². The molecule has 2 rings (SSSR count). The second-order valence-corrected chi connectivity index (χ2v) is 7.93. The van der Waals surface area contributed by atoms with Crippen molar-refractivity contribution in [1.29, 1.82) is 0 Å². The number of H-pyrrole nitrogens is 1. The van der Waals surface area contributed by atoms with E-state index in [9.17, 15) is 9.13 Å². The molecule has 0 atom stereocenters. The summed E-state index contributed by atoms with van der Waals surface area (Å²) in [5.41, 5.74) is 0.834. The lowest BCUT2D eigenvalue weighted by Gasteiger charge is -2.18. The molecule has 0 aromatic carbocycles. The number of nitrogens with zero attached hydrogens (tertiary/aromatic N) is 2. The summed E-state index contributed by atoms with van der Waals surface area (Å²) in [6, 6.07) is 3.27. The fourth-order valence-electron chi connectivity index (χ4n) is 1.60. The van der Waals surface area contributed by atoms with Crippen molar-refractivity contribution in [2.24, 2.45) is 0 Å². The number of hydrogen-bond donors (Lipinski definition) is 5. The standard InChI is InChI=1S/C8H11N3O6P2/c12-18(13,14)7(19(15,16)17)4-6-10-5-2-1-3-9-8(5)11-6/h1-3,7H,4H2,(H,9,10,11)(H2,12,13,14)(H2,15,16,17). The number of imidazole rings is 1. The molecule has 0 aliphatic carbocycles. The van der Waals surface area contributed by atoms with Crippen molar-refractivity contribution in [1.82, 2.24) is 15.0 Å². The van der Waals surface area contributed by atoms with E-state index in [2.05, 4.69) is 15.0 Å². The molecule has 19 heavy (non-hydrogen) atoms. The van der Waals surface area contributed by atoms with Crippen LogP contribution in [0, 0.1) is 0 Å². The van der Waals surface area contributed by atoms with E-state index in [-0.39, 0.29) is 5.82 Å². The Kier molecular flexibility index (Phi) is 3.61. The smallest absolute Gasteiger partial charge is 0.341 e. The van der Waals surface area contributed by atoms with Crippen molar-refractivity contribution in [3.05, 3.63) is 24.2 Å². The van der Waals surface area contributed by atoms with Crippen LogP contribution in [0.4, 0.5) is 0 Å². The van der Waals surface area contributed by atoms with Gasteiger partial charge in [-0.3, -0.25) is 9.13 Å². The van der Waals surface area contributed by atoms with Gasteiger partial charge in [0.15, 0.2) is 11.0 Å². The van der Waals surface area contributed by atoms with Crippen LogP contribution in [0.3, 0.4) is 0 Å². The summed E-state index contributed by atoms with van der Waals surface area (Å²) in [5.74, 6) is 0.0605. The van der Waals surface area contributed by atoms with Gasteiger partial charge >= 0.3 is 15.2 Å². The highest BCUT2D eigenvalue weighted by molar-refractivity contribution is 7.70. The minimum atomic E-state index is -4.95. The molecule has 0 amide bonds. The molecule has 9 nitrogen and oxygen atoms in total. The topological polar surface area (TPSA) is 157 Å². The zero-order chi connectivity index (χ0) is 14.3. The van der Waals surface area contributed by atoms with Gasteiger partial charge in [0.25, 0.3) is 0 Å². The van der Waals surface area contributed by atoms with Gasteiger partial charge in [0.05, 0.1) is 5.52 Å². The molecule has 0 aliphatic heterocycles. The van der Waals surface area contributed by atoms with Gasteiger partial charge in [-0.1, -0.05) is 0 Å². The minimum absolute atomic E-state index is 0.0605. The second kappa shape index (κ2) is 4.79. The van der Waals surface area contributed by atoms with E-state index in [1.807, 2.05) is 0 Å². The average molecular weight is 307 g/mol. The van der Waals surface area contributed by atoms with E-state index >= 15 is 0 Å². The molecule has 0 spiro atoms. The highest BCUT2D eigenvalue weighted by Gasteiger charge is 2.43. The number of hydrogen-bond acceptors (Lipinski definition) is 4. The Labute approximate surface area is 107 Å². The van der Waals surface area contributed by atoms with Crippen LogP contribution in [0.15, 0.2) is 18.3 Å². The predicted molar refractivity (Wildman–Crippen MR) is 65.5 cm³/mol. The summed E-state index contributed by atoms with van der Waals surface area (Å²) in [6.07, 6.45) is 0.918. The summed E-state index contributed by atoms with van der Waals surface area (Å²) >= 11 is 0. The Bertz CT molecular complexity index is 634. The number of nitrogens with one attached hydrogen (secondary N) is 1. The number of rotatable bonds is 4. The molecule has 2 aromatic rings. The van der Waals surface area contributed by atoms with Crippen molar-refractivity contribution < 1.29 is 28.7 Å². The van der Waals surface area contributed by atoms with Gasteiger partial charge in [0.2, 0.25) is 0 Å². The van der Waals surface area contributed by atoms with Crippen LogP contribution in [-0.2, 0) is 15.6 Å². The maximum atomic E-state index is 11.1. The number of fused-ring (bicyclic) bond motifs is 1. The Hall–Kier alpha value is -1.08. The quantitative estimate of drug-likeness (QED) is 0.501. The molecule has 2 heterocycles. The summed E-state index contributed by atoms with van der Waals surface area (Å²) in [6.45, 7) is 0. The van der Waals surface area contributed by atoms with Crippen LogP contribution in [0.25, 0.3) is 11.2 Å². The predicted octanol–water partition coefficient (Wildman–Crippen LogP) is 0.182. The third kappa shape index (κ3) is 3.27. The van der Waals surface area contributed by atoms with Crippen LogP contribution < -0.4 is 0 Å². The number of pyridine rings is 1. The zero-order valence-corrected chi connectivity index (χ0v) is 11.2. The minimum Gasteiger partial charge on any atom is -0.341 e. The molecule has 0 fully saturated rings. The van der Waals surface area contributed by atoms with Gasteiger partial charge in [-0.2, -0.15) is 0 Å². The van der Waals surface area contributed by atoms with Gasteiger partial charge in [-0.05, 0) is 12.1 Å². The highest BCUT2D eigenvalue weighted by atomic mass is 31.2. The van der Waals surface area contributed by atoms with E-state index < -0.39 is 27.0 Å². The lowest BCUT2D eigenvalue weighted by molar-refractivity contribution is 0.337. The van der Waals surface area contributed by atoms with Gasteiger partial charge in [-0.15, -0.1) is 0 Å². The van der Waals surface area contributed by atoms with Crippen LogP contribution in [0.2, 0.25) is 0 Å². The summed E-state index contributed by atoms with van der Waals surface area (Å²) in [7, 11) is -9.90. The molecular weight excluding hydrogens is 296 g/mol. The van der Waals surface area contributed by atoms with Crippen LogP contribution in [0.1, 0.15) is 5.82 Å². The first-order valence-corrected chi connectivity index (χ1v) is 8.44. The normalized spacial score (nSPS) is 13.3. The second-order valence-electron chi connectivity index (χ2n) is 3.92. The van der Waals surface area contributed by atoms with E-state index in [0.29, 0.717) is 11.2 Å². The molecule has 0 radical (unpaired) electrons. The van der Waals surface area contributed by atoms with Crippen molar-refractivity contribution in [2.75, 3.05) is 0 Å². The molecule has 5 N–H and O–H groups in total. The Morgan fingerprint density at radius 1 is 1.21 bits per heavy atom. The van der Waals surface area contributed by atoms with Crippen molar-refractivity contribution in [2.45, 2.75) is 11.8 Å². The lowest BCUT2D eigenvalue weighted by atomic mass is 10.4. The summed E-state index contributed by atoms with van der Waals surface area (Å²) in [5, 5.41) is -2.11. The molecule has 0 saturated carbocycles. The first-order valence-electron chi connectivity index (χ1n) is 5.08. The van der Waals surface area contributed by atoms with Crippen LogP contribution in [-0.4, -0.2) is 39.9 Å². The first kappa shape index (κ1) is 14.3. The first-order chi connectivity index (χ1) is 8.68. The zero-order valence-electron chi connectivity index (χ0n) is 9.41. The van der Waals surface area contributed by atoms with E-state index in [0.717, 1.165) is 0 Å². The molecule has 0 aliphatic rings. The van der Waals surface area contributed by atoms with Crippen molar-refractivity contribution in [3.63, 3.8) is 0 Å². The summed E-state index contributed by atoms with van der Waals surface area (Å²) in [4.78, 5) is 46.6.